The molecule has 13 heteroatoms. The molecule has 12 nitrogen and oxygen atoms in total. The summed E-state index contributed by atoms with van der Waals surface area (Å²) in [6.45, 7) is 18.1. The van der Waals surface area contributed by atoms with Crippen molar-refractivity contribution >= 4 is 40.2 Å². The van der Waals surface area contributed by atoms with E-state index in [0.717, 1.165) is 60.2 Å². The molecule has 2 aromatic carbocycles. The molecule has 1 aliphatic rings. The number of hydrogen-bond donors (Lipinski definition) is 1. The number of hydrogen-bond acceptors (Lipinski definition) is 12. The van der Waals surface area contributed by atoms with E-state index in [1.54, 1.807) is 46.9 Å². The molecule has 3 heterocycles. The summed E-state index contributed by atoms with van der Waals surface area (Å²) in [5.74, 6) is 0.968. The summed E-state index contributed by atoms with van der Waals surface area (Å²) in [5.41, 5.74) is 3.05. The second kappa shape index (κ2) is 15.5. The Balaban J connectivity index is 1.24. The zero-order valence-corrected chi connectivity index (χ0v) is 31.0. The van der Waals surface area contributed by atoms with Crippen molar-refractivity contribution in [3.8, 4) is 17.3 Å². The third-order valence-electron chi connectivity index (χ3n) is 7.64. The molecule has 0 saturated carbocycles. The van der Waals surface area contributed by atoms with Crippen LogP contribution in [0.25, 0.3) is 11.5 Å². The van der Waals surface area contributed by atoms with Crippen LogP contribution < -0.4 is 15.0 Å². The van der Waals surface area contributed by atoms with Gasteiger partial charge in [0.05, 0.1) is 0 Å². The molecule has 1 N–H and O–H groups in total. The van der Waals surface area contributed by atoms with Crippen LogP contribution in [0.15, 0.2) is 60.1 Å². The molecule has 1 saturated heterocycles. The molecule has 0 spiro atoms. The number of carbonyl (C=O) groups is 2. The number of amides is 2. The molecule has 0 atom stereocenters. The average Bonchev–Trinajstić information content (AvgIpc) is 3.50. The number of piperazine rings is 1. The van der Waals surface area contributed by atoms with Gasteiger partial charge in [0.1, 0.15) is 29.3 Å². The number of thiazole rings is 1. The third kappa shape index (κ3) is 10.5. The highest BCUT2D eigenvalue weighted by molar-refractivity contribution is 7.14. The van der Waals surface area contributed by atoms with Crippen molar-refractivity contribution in [2.75, 3.05) is 43.4 Å². The predicted octanol–water partition coefficient (Wildman–Crippen LogP) is 7.66. The molecule has 5 rings (SSSR count). The number of aromatic nitrogens is 3. The first-order valence-electron chi connectivity index (χ1n) is 16.7. The summed E-state index contributed by atoms with van der Waals surface area (Å²) < 4.78 is 17.1. The Bertz CT molecular complexity index is 1750. The number of carbonyl (C=O) groups excluding carboxylic acids is 2. The molecule has 0 radical (unpaired) electrons. The maximum absolute atomic E-state index is 13.1. The number of aryl methyl sites for hydroxylation is 1. The Labute approximate surface area is 298 Å². The van der Waals surface area contributed by atoms with Crippen molar-refractivity contribution in [3.05, 3.63) is 76.8 Å². The highest BCUT2D eigenvalue weighted by Gasteiger charge is 2.34. The van der Waals surface area contributed by atoms with Crippen molar-refractivity contribution in [1.82, 2.24) is 24.8 Å². The minimum atomic E-state index is -0.909. The second-order valence-electron chi connectivity index (χ2n) is 14.4. The monoisotopic (exact) mass is 701 g/mol. The van der Waals surface area contributed by atoms with Crippen LogP contribution in [-0.2, 0) is 22.6 Å². The Morgan fingerprint density at radius 1 is 0.880 bits per heavy atom. The number of nitrogens with one attached hydrogen (secondary N) is 1. The SMILES string of the molecule is Cc1ccc(OCc2ccc(CN3CCN(C)CC3)cc2)cc1Nc1nc(-c2nccc(N(C(=O)OC(C)(C)C)C(=O)OC(C)(C)C)n2)cs1. The molecule has 2 amide bonds. The van der Waals surface area contributed by atoms with Crippen LogP contribution in [0.3, 0.4) is 0 Å². The molecule has 0 bridgehead atoms. The van der Waals surface area contributed by atoms with Crippen LogP contribution >= 0.6 is 11.3 Å². The highest BCUT2D eigenvalue weighted by Crippen LogP contribution is 2.30. The van der Waals surface area contributed by atoms with Gasteiger partial charge in [0, 0.05) is 62.1 Å². The van der Waals surface area contributed by atoms with Gasteiger partial charge in [-0.25, -0.2) is 24.5 Å². The van der Waals surface area contributed by atoms with Gasteiger partial charge in [-0.3, -0.25) is 4.90 Å². The van der Waals surface area contributed by atoms with Crippen LogP contribution in [0.4, 0.5) is 26.2 Å². The molecule has 1 aliphatic heterocycles. The molecule has 2 aromatic heterocycles. The maximum atomic E-state index is 13.1. The van der Waals surface area contributed by atoms with Crippen LogP contribution in [0, 0.1) is 6.92 Å². The van der Waals surface area contributed by atoms with E-state index in [1.807, 2.05) is 25.1 Å². The second-order valence-corrected chi connectivity index (χ2v) is 15.2. The highest BCUT2D eigenvalue weighted by atomic mass is 32.1. The number of ether oxygens (including phenoxy) is 3. The molecule has 266 valence electrons. The van der Waals surface area contributed by atoms with Crippen molar-refractivity contribution in [3.63, 3.8) is 0 Å². The largest absolute Gasteiger partial charge is 0.489 e. The number of likely N-dealkylation sites (N-methyl/N-ethyl adjacent to an activating group) is 1. The fraction of sp³-hybridized carbons (Fsp3) is 0.432. The van der Waals surface area contributed by atoms with Gasteiger partial charge in [0.25, 0.3) is 0 Å². The van der Waals surface area contributed by atoms with Gasteiger partial charge in [-0.2, -0.15) is 4.90 Å². The molecule has 1 fully saturated rings. The fourth-order valence-corrected chi connectivity index (χ4v) is 5.72. The first-order chi connectivity index (χ1) is 23.6. The van der Waals surface area contributed by atoms with E-state index in [9.17, 15) is 9.59 Å². The molecular weight excluding hydrogens is 655 g/mol. The molecule has 50 heavy (non-hydrogen) atoms. The van der Waals surface area contributed by atoms with E-state index in [-0.39, 0.29) is 11.6 Å². The van der Waals surface area contributed by atoms with Gasteiger partial charge in [0.15, 0.2) is 16.8 Å². The maximum Gasteiger partial charge on any atom is 0.425 e. The van der Waals surface area contributed by atoms with Crippen molar-refractivity contribution < 1.29 is 23.8 Å². The summed E-state index contributed by atoms with van der Waals surface area (Å²) >= 11 is 1.37. The van der Waals surface area contributed by atoms with E-state index in [1.165, 1.54) is 29.2 Å². The van der Waals surface area contributed by atoms with Crippen molar-refractivity contribution in [2.45, 2.75) is 72.8 Å². The fourth-order valence-electron chi connectivity index (χ4n) is 5.02. The summed E-state index contributed by atoms with van der Waals surface area (Å²) in [4.78, 5) is 45.4. The summed E-state index contributed by atoms with van der Waals surface area (Å²) in [7, 11) is 2.17. The predicted molar refractivity (Wildman–Crippen MR) is 196 cm³/mol. The standard InChI is InChI=1S/C37H47N7O5S/c1-25-9-14-28(47-23-27-12-10-26(11-13-27)22-43-19-17-42(8)18-20-43)21-29(25)39-33-40-30(24-50-33)32-38-16-15-31(41-32)44(34(45)48-36(2,3)4)35(46)49-37(5,6)7/h9-16,21,24H,17-20,22-23H2,1-8H3,(H,39,40). The lowest BCUT2D eigenvalue weighted by atomic mass is 10.1. The number of imide groups is 1. The summed E-state index contributed by atoms with van der Waals surface area (Å²) in [6.07, 6.45) is -0.363. The van der Waals surface area contributed by atoms with Crippen molar-refractivity contribution in [2.24, 2.45) is 0 Å². The molecule has 0 unspecified atom stereocenters. The first kappa shape index (κ1) is 36.7. The van der Waals surface area contributed by atoms with Gasteiger partial charge in [0.2, 0.25) is 0 Å². The third-order valence-corrected chi connectivity index (χ3v) is 8.39. The van der Waals surface area contributed by atoms with Gasteiger partial charge in [-0.15, -0.1) is 11.3 Å². The van der Waals surface area contributed by atoms with E-state index in [2.05, 4.69) is 61.4 Å². The van der Waals surface area contributed by atoms with Crippen molar-refractivity contribution in [1.29, 1.82) is 0 Å². The van der Waals surface area contributed by atoms with E-state index < -0.39 is 23.4 Å². The van der Waals surface area contributed by atoms with Gasteiger partial charge in [-0.05, 0) is 78.3 Å². The Morgan fingerprint density at radius 2 is 1.52 bits per heavy atom. The van der Waals surface area contributed by atoms with Crippen LogP contribution in [0.5, 0.6) is 5.75 Å². The zero-order valence-electron chi connectivity index (χ0n) is 30.1. The number of benzene rings is 2. The van der Waals surface area contributed by atoms with Crippen LogP contribution in [-0.4, -0.2) is 81.4 Å². The van der Waals surface area contributed by atoms with E-state index in [0.29, 0.717) is 17.4 Å². The number of anilines is 3. The normalized spacial score (nSPS) is 14.2. The molecule has 4 aromatic rings. The topological polar surface area (TPSA) is 122 Å². The minimum Gasteiger partial charge on any atom is -0.489 e. The first-order valence-corrected chi connectivity index (χ1v) is 17.5. The lowest BCUT2D eigenvalue weighted by Crippen LogP contribution is -2.44. The van der Waals surface area contributed by atoms with Crippen LogP contribution in [0.2, 0.25) is 0 Å². The minimum absolute atomic E-state index is 0.00590. The van der Waals surface area contributed by atoms with Gasteiger partial charge < -0.3 is 24.4 Å². The van der Waals surface area contributed by atoms with Gasteiger partial charge >= 0.3 is 12.2 Å². The van der Waals surface area contributed by atoms with E-state index in [4.69, 9.17) is 14.2 Å². The lowest BCUT2D eigenvalue weighted by molar-refractivity contribution is 0.0429. The molecule has 0 aliphatic carbocycles. The Hall–Kier alpha value is -4.59. The number of rotatable bonds is 9. The summed E-state index contributed by atoms with van der Waals surface area (Å²) in [5, 5.41) is 5.79. The Kier molecular flexibility index (Phi) is 11.4. The van der Waals surface area contributed by atoms with Crippen LogP contribution in [0.1, 0.15) is 58.2 Å². The lowest BCUT2D eigenvalue weighted by Gasteiger charge is -2.32. The average molecular weight is 702 g/mol. The van der Waals surface area contributed by atoms with Gasteiger partial charge in [-0.1, -0.05) is 30.3 Å². The Morgan fingerprint density at radius 3 is 2.16 bits per heavy atom. The number of nitrogens with zero attached hydrogens (tertiary/aromatic N) is 6. The smallest absolute Gasteiger partial charge is 0.425 e. The molecular formula is C37H47N7O5S. The summed E-state index contributed by atoms with van der Waals surface area (Å²) in [6, 6.07) is 16.0. The zero-order chi connectivity index (χ0) is 36.1. The quantitative estimate of drug-likeness (QED) is 0.185. The van der Waals surface area contributed by atoms with E-state index >= 15 is 0 Å².